The van der Waals surface area contributed by atoms with Crippen LogP contribution in [0, 0.1) is 4.91 Å². The van der Waals surface area contributed by atoms with E-state index in [0.29, 0.717) is 0 Å². The number of pyridine rings is 1. The molecular weight excluding hydrogens is 212 g/mol. The van der Waals surface area contributed by atoms with Gasteiger partial charge in [-0.25, -0.2) is 0 Å². The van der Waals surface area contributed by atoms with Crippen LogP contribution in [0.15, 0.2) is 60.0 Å². The fraction of sp³-hybridized carbons (Fsp3) is 0.214. The highest BCUT2D eigenvalue weighted by atomic mass is 16.3. The van der Waals surface area contributed by atoms with E-state index in [1.165, 1.54) is 0 Å². The second-order valence-electron chi connectivity index (χ2n) is 3.93. The molecule has 1 aromatic heterocycles. The van der Waals surface area contributed by atoms with Gasteiger partial charge in [-0.1, -0.05) is 41.6 Å². The van der Waals surface area contributed by atoms with Gasteiger partial charge in [-0.3, -0.25) is 4.98 Å². The molecule has 1 atom stereocenters. The van der Waals surface area contributed by atoms with Crippen molar-refractivity contribution in [3.63, 3.8) is 0 Å². The number of aryl methyl sites for hydroxylation is 1. The Morgan fingerprint density at radius 3 is 2.59 bits per heavy atom. The maximum absolute atomic E-state index is 10.9. The number of hydrogen-bond donors (Lipinski definition) is 0. The van der Waals surface area contributed by atoms with Gasteiger partial charge < -0.3 is 0 Å². The van der Waals surface area contributed by atoms with Gasteiger partial charge >= 0.3 is 0 Å². The molecule has 2 rings (SSSR count). The molecule has 0 aliphatic carbocycles. The second-order valence-corrected chi connectivity index (χ2v) is 3.93. The summed E-state index contributed by atoms with van der Waals surface area (Å²) < 4.78 is 0. The molecule has 2 aromatic rings. The molecule has 3 nitrogen and oxygen atoms in total. The fourth-order valence-electron chi connectivity index (χ4n) is 1.80. The Labute approximate surface area is 100 Å². The third-order valence-corrected chi connectivity index (χ3v) is 2.74. The minimum atomic E-state index is -0.267. The summed E-state index contributed by atoms with van der Waals surface area (Å²) in [6.07, 6.45) is 5.11. The van der Waals surface area contributed by atoms with Gasteiger partial charge in [0, 0.05) is 12.4 Å². The molecule has 1 unspecified atom stereocenters. The van der Waals surface area contributed by atoms with E-state index >= 15 is 0 Å². The molecule has 86 valence electrons. The Hall–Kier alpha value is -2.03. The Kier molecular flexibility index (Phi) is 3.97. The highest BCUT2D eigenvalue weighted by Crippen LogP contribution is 2.22. The van der Waals surface area contributed by atoms with Gasteiger partial charge in [-0.05, 0) is 30.0 Å². The summed E-state index contributed by atoms with van der Waals surface area (Å²) in [6, 6.07) is 13.3. The summed E-state index contributed by atoms with van der Waals surface area (Å²) in [5, 5.41) is 3.20. The van der Waals surface area contributed by atoms with Crippen LogP contribution >= 0.6 is 0 Å². The van der Waals surface area contributed by atoms with Crippen molar-refractivity contribution in [3.05, 3.63) is 70.9 Å². The first-order valence-corrected chi connectivity index (χ1v) is 5.66. The van der Waals surface area contributed by atoms with Gasteiger partial charge in [0.15, 0.2) is 0 Å². The average molecular weight is 226 g/mol. The smallest absolute Gasteiger partial charge is 0.117 e. The first-order chi connectivity index (χ1) is 8.40. The molecule has 0 N–H and O–H groups in total. The van der Waals surface area contributed by atoms with Gasteiger partial charge in [0.05, 0.1) is 0 Å². The summed E-state index contributed by atoms with van der Waals surface area (Å²) in [5.41, 5.74) is 2.11. The van der Waals surface area contributed by atoms with Gasteiger partial charge in [-0.2, -0.15) is 4.91 Å². The number of nitrogens with zero attached hydrogens (tertiary/aromatic N) is 2. The number of rotatable bonds is 5. The van der Waals surface area contributed by atoms with Crippen LogP contribution in [0.25, 0.3) is 0 Å². The van der Waals surface area contributed by atoms with Crippen LogP contribution in [0.5, 0.6) is 0 Å². The Bertz CT molecular complexity index is 456. The zero-order chi connectivity index (χ0) is 11.9. The summed E-state index contributed by atoms with van der Waals surface area (Å²) in [7, 11) is 0. The second kappa shape index (κ2) is 5.89. The van der Waals surface area contributed by atoms with Gasteiger partial charge in [0.1, 0.15) is 6.04 Å². The highest BCUT2D eigenvalue weighted by molar-refractivity contribution is 5.19. The molecule has 0 aliphatic heterocycles. The molecule has 0 fully saturated rings. The first-order valence-electron chi connectivity index (χ1n) is 5.66. The van der Waals surface area contributed by atoms with Gasteiger partial charge in [-0.15, -0.1) is 0 Å². The lowest BCUT2D eigenvalue weighted by Gasteiger charge is -2.08. The van der Waals surface area contributed by atoms with Crippen molar-refractivity contribution in [3.8, 4) is 0 Å². The molecule has 0 saturated heterocycles. The van der Waals surface area contributed by atoms with Crippen LogP contribution in [0.1, 0.15) is 23.6 Å². The van der Waals surface area contributed by atoms with E-state index in [0.717, 1.165) is 24.0 Å². The van der Waals surface area contributed by atoms with Crippen molar-refractivity contribution < 1.29 is 0 Å². The minimum Gasteiger partial charge on any atom is -0.264 e. The van der Waals surface area contributed by atoms with Crippen LogP contribution in [-0.4, -0.2) is 4.98 Å². The van der Waals surface area contributed by atoms with Gasteiger partial charge in [0.2, 0.25) is 0 Å². The summed E-state index contributed by atoms with van der Waals surface area (Å²) in [5.74, 6) is 0. The van der Waals surface area contributed by atoms with E-state index in [1.54, 1.807) is 6.20 Å². The number of aromatic nitrogens is 1. The predicted molar refractivity (Wildman–Crippen MR) is 67.5 cm³/mol. The largest absolute Gasteiger partial charge is 0.264 e. The normalized spacial score (nSPS) is 12.0. The van der Waals surface area contributed by atoms with Crippen LogP contribution in [0.4, 0.5) is 0 Å². The highest BCUT2D eigenvalue weighted by Gasteiger charge is 2.11. The van der Waals surface area contributed by atoms with Crippen molar-refractivity contribution in [2.75, 3.05) is 0 Å². The lowest BCUT2D eigenvalue weighted by atomic mass is 10.0. The lowest BCUT2D eigenvalue weighted by molar-refractivity contribution is 0.648. The average Bonchev–Trinajstić information content (AvgIpc) is 2.42. The molecule has 0 bridgehead atoms. The van der Waals surface area contributed by atoms with E-state index in [1.807, 2.05) is 48.7 Å². The molecule has 0 saturated carbocycles. The zero-order valence-electron chi connectivity index (χ0n) is 9.49. The minimum absolute atomic E-state index is 0.267. The van der Waals surface area contributed by atoms with Crippen LogP contribution < -0.4 is 0 Å². The van der Waals surface area contributed by atoms with E-state index < -0.39 is 0 Å². The molecule has 0 radical (unpaired) electrons. The Morgan fingerprint density at radius 2 is 1.94 bits per heavy atom. The van der Waals surface area contributed by atoms with Crippen molar-refractivity contribution in [1.29, 1.82) is 0 Å². The van der Waals surface area contributed by atoms with Gasteiger partial charge in [0.25, 0.3) is 0 Å². The first kappa shape index (κ1) is 11.5. The van der Waals surface area contributed by atoms with Crippen molar-refractivity contribution in [2.24, 2.45) is 5.18 Å². The third kappa shape index (κ3) is 3.21. The summed E-state index contributed by atoms with van der Waals surface area (Å²) in [4.78, 5) is 14.9. The number of hydrogen-bond acceptors (Lipinski definition) is 3. The van der Waals surface area contributed by atoms with Crippen molar-refractivity contribution >= 4 is 0 Å². The van der Waals surface area contributed by atoms with E-state index in [9.17, 15) is 4.91 Å². The molecule has 17 heavy (non-hydrogen) atoms. The lowest BCUT2D eigenvalue weighted by Crippen LogP contribution is -1.97. The molecule has 3 heteroatoms. The summed E-state index contributed by atoms with van der Waals surface area (Å²) in [6.45, 7) is 0. The maximum Gasteiger partial charge on any atom is 0.117 e. The predicted octanol–water partition coefficient (Wildman–Crippen LogP) is 3.52. The molecule has 1 aromatic carbocycles. The van der Waals surface area contributed by atoms with E-state index in [2.05, 4.69) is 10.2 Å². The Balaban J connectivity index is 2.00. The van der Waals surface area contributed by atoms with E-state index in [4.69, 9.17) is 0 Å². The zero-order valence-corrected chi connectivity index (χ0v) is 9.49. The fourth-order valence-corrected chi connectivity index (χ4v) is 1.80. The SMILES string of the molecule is O=NC(CCc1cccnc1)c1ccccc1. The van der Waals surface area contributed by atoms with Crippen LogP contribution in [0.3, 0.4) is 0 Å². The topological polar surface area (TPSA) is 42.3 Å². The molecule has 1 heterocycles. The number of nitroso groups, excluding NO2 is 1. The number of benzene rings is 1. The van der Waals surface area contributed by atoms with E-state index in [-0.39, 0.29) is 6.04 Å². The Morgan fingerprint density at radius 1 is 1.12 bits per heavy atom. The van der Waals surface area contributed by atoms with Crippen molar-refractivity contribution in [1.82, 2.24) is 4.98 Å². The molecule has 0 amide bonds. The van der Waals surface area contributed by atoms with Crippen molar-refractivity contribution in [2.45, 2.75) is 18.9 Å². The monoisotopic (exact) mass is 226 g/mol. The molecule has 0 aliphatic rings. The van der Waals surface area contributed by atoms with Crippen LogP contribution in [-0.2, 0) is 6.42 Å². The maximum atomic E-state index is 10.9. The molecular formula is C14H14N2O. The quantitative estimate of drug-likeness (QED) is 0.732. The third-order valence-electron chi connectivity index (χ3n) is 2.74. The van der Waals surface area contributed by atoms with Crippen LogP contribution in [0.2, 0.25) is 0 Å². The molecule has 0 spiro atoms. The summed E-state index contributed by atoms with van der Waals surface area (Å²) >= 11 is 0. The standard InChI is InChI=1S/C14H14N2O/c17-16-14(13-6-2-1-3-7-13)9-8-12-5-4-10-15-11-12/h1-7,10-11,14H,8-9H2.